The number of para-hydroxylation sites is 1. The molecule has 0 radical (unpaired) electrons. The summed E-state index contributed by atoms with van der Waals surface area (Å²) in [6, 6.07) is 7.91. The molecule has 4 nitrogen and oxygen atoms in total. The predicted molar refractivity (Wildman–Crippen MR) is 71.2 cm³/mol. The summed E-state index contributed by atoms with van der Waals surface area (Å²) in [6.07, 6.45) is 0.999. The molecule has 0 atom stereocenters. The number of nitrogens with two attached hydrogens (primary N) is 1. The summed E-state index contributed by atoms with van der Waals surface area (Å²) in [6.45, 7) is 0.769. The van der Waals surface area contributed by atoms with Crippen LogP contribution in [-0.4, -0.2) is 29.4 Å². The maximum Gasteiger partial charge on any atom is 0.221 e. The molecule has 0 bridgehead atoms. The van der Waals surface area contributed by atoms with Crippen LogP contribution < -0.4 is 5.73 Å². The summed E-state index contributed by atoms with van der Waals surface area (Å²) in [4.78, 5) is 8.50. The lowest BCUT2D eigenvalue weighted by Crippen LogP contribution is -1.98. The third kappa shape index (κ3) is 3.08. The van der Waals surface area contributed by atoms with Crippen molar-refractivity contribution in [2.45, 2.75) is 11.4 Å². The number of benzene rings is 1. The maximum absolute atomic E-state index is 5.69. The van der Waals surface area contributed by atoms with Crippen molar-refractivity contribution in [2.24, 2.45) is 0 Å². The zero-order chi connectivity index (χ0) is 12.1. The minimum absolute atomic E-state index is 0.331. The quantitative estimate of drug-likeness (QED) is 0.500. The summed E-state index contributed by atoms with van der Waals surface area (Å²) in [5.74, 6) is 1.30. The maximum atomic E-state index is 5.69. The molecule has 5 heteroatoms. The molecule has 0 aliphatic carbocycles. The second-order valence-electron chi connectivity index (χ2n) is 3.60. The molecule has 1 heterocycles. The Balaban J connectivity index is 2.20. The first-order chi connectivity index (χ1) is 8.31. The van der Waals surface area contributed by atoms with E-state index in [0.717, 1.165) is 34.7 Å². The highest BCUT2D eigenvalue weighted by atomic mass is 32.2. The molecule has 2 N–H and O–H groups in total. The van der Waals surface area contributed by atoms with Gasteiger partial charge in [0.15, 0.2) is 0 Å². The number of aromatic nitrogens is 2. The lowest BCUT2D eigenvalue weighted by atomic mass is 10.2. The van der Waals surface area contributed by atoms with Gasteiger partial charge in [-0.05, 0) is 12.5 Å². The molecule has 2 rings (SSSR count). The first-order valence-electron chi connectivity index (χ1n) is 5.45. The monoisotopic (exact) mass is 249 g/mol. The number of thioether (sulfide) groups is 1. The Morgan fingerprint density at radius 2 is 2.12 bits per heavy atom. The van der Waals surface area contributed by atoms with E-state index >= 15 is 0 Å². The van der Waals surface area contributed by atoms with Gasteiger partial charge in [0.2, 0.25) is 5.95 Å². The SMILES string of the molecule is COCCCSc1nc(N)nc2ccccc12. The third-order valence-corrected chi connectivity index (χ3v) is 3.39. The van der Waals surface area contributed by atoms with Crippen LogP contribution in [0.1, 0.15) is 6.42 Å². The Bertz CT molecular complexity index is 504. The van der Waals surface area contributed by atoms with Crippen LogP contribution in [0.25, 0.3) is 10.9 Å². The number of anilines is 1. The fraction of sp³-hybridized carbons (Fsp3) is 0.333. The van der Waals surface area contributed by atoms with Crippen molar-refractivity contribution in [3.05, 3.63) is 24.3 Å². The second kappa shape index (κ2) is 5.84. The summed E-state index contributed by atoms with van der Waals surface area (Å²) < 4.78 is 5.02. The number of fused-ring (bicyclic) bond motifs is 1. The van der Waals surface area contributed by atoms with Gasteiger partial charge in [0.25, 0.3) is 0 Å². The van der Waals surface area contributed by atoms with E-state index in [1.54, 1.807) is 18.9 Å². The first-order valence-corrected chi connectivity index (χ1v) is 6.44. The Kier molecular flexibility index (Phi) is 4.17. The van der Waals surface area contributed by atoms with Crippen molar-refractivity contribution < 1.29 is 4.74 Å². The van der Waals surface area contributed by atoms with Crippen LogP contribution >= 0.6 is 11.8 Å². The number of ether oxygens (including phenoxy) is 1. The number of nitrogen functional groups attached to an aromatic ring is 1. The van der Waals surface area contributed by atoms with Crippen molar-refractivity contribution in [2.75, 3.05) is 25.2 Å². The van der Waals surface area contributed by atoms with Crippen molar-refractivity contribution in [1.29, 1.82) is 0 Å². The normalized spacial score (nSPS) is 10.9. The van der Waals surface area contributed by atoms with Gasteiger partial charge in [-0.1, -0.05) is 18.2 Å². The Hall–Kier alpha value is -1.33. The number of nitrogens with zero attached hydrogens (tertiary/aromatic N) is 2. The van der Waals surface area contributed by atoms with Gasteiger partial charge >= 0.3 is 0 Å². The Morgan fingerprint density at radius 1 is 1.29 bits per heavy atom. The van der Waals surface area contributed by atoms with E-state index in [0.29, 0.717) is 5.95 Å². The summed E-state index contributed by atoms with van der Waals surface area (Å²) >= 11 is 1.69. The molecule has 0 unspecified atom stereocenters. The van der Waals surface area contributed by atoms with Crippen LogP contribution in [0, 0.1) is 0 Å². The Labute approximate surface area is 105 Å². The molecular formula is C12H15N3OS. The third-order valence-electron chi connectivity index (χ3n) is 2.32. The average Bonchev–Trinajstić information content (AvgIpc) is 2.34. The van der Waals surface area contributed by atoms with Crippen molar-refractivity contribution in [3.63, 3.8) is 0 Å². The highest BCUT2D eigenvalue weighted by Gasteiger charge is 2.05. The molecule has 17 heavy (non-hydrogen) atoms. The van der Waals surface area contributed by atoms with Gasteiger partial charge in [0, 0.05) is 24.9 Å². The van der Waals surface area contributed by atoms with E-state index in [1.165, 1.54) is 0 Å². The molecule has 0 amide bonds. The minimum atomic E-state index is 0.331. The van der Waals surface area contributed by atoms with E-state index in [4.69, 9.17) is 10.5 Å². The molecule has 0 fully saturated rings. The van der Waals surface area contributed by atoms with E-state index < -0.39 is 0 Å². The first kappa shape index (κ1) is 12.1. The molecular weight excluding hydrogens is 234 g/mol. The van der Waals surface area contributed by atoms with Crippen LogP contribution in [-0.2, 0) is 4.74 Å². The van der Waals surface area contributed by atoms with E-state index in [1.807, 2.05) is 24.3 Å². The minimum Gasteiger partial charge on any atom is -0.385 e. The van der Waals surface area contributed by atoms with E-state index in [9.17, 15) is 0 Å². The standard InChI is InChI=1S/C12H15N3OS/c1-16-7-4-8-17-11-9-5-2-3-6-10(9)14-12(13)15-11/h2-3,5-6H,4,7-8H2,1H3,(H2,13,14,15). The summed E-state index contributed by atoms with van der Waals surface area (Å²) in [7, 11) is 1.71. The fourth-order valence-corrected chi connectivity index (χ4v) is 2.49. The van der Waals surface area contributed by atoms with Gasteiger partial charge in [0.1, 0.15) is 5.03 Å². The van der Waals surface area contributed by atoms with Crippen LogP contribution in [0.3, 0.4) is 0 Å². The summed E-state index contributed by atoms with van der Waals surface area (Å²) in [5, 5.41) is 2.01. The zero-order valence-corrected chi connectivity index (χ0v) is 10.5. The van der Waals surface area contributed by atoms with Gasteiger partial charge in [-0.3, -0.25) is 0 Å². The van der Waals surface area contributed by atoms with Gasteiger partial charge < -0.3 is 10.5 Å². The molecule has 2 aromatic rings. The van der Waals surface area contributed by atoms with E-state index in [-0.39, 0.29) is 0 Å². The van der Waals surface area contributed by atoms with E-state index in [2.05, 4.69) is 9.97 Å². The van der Waals surface area contributed by atoms with Crippen LogP contribution in [0.2, 0.25) is 0 Å². The van der Waals surface area contributed by atoms with Crippen LogP contribution in [0.4, 0.5) is 5.95 Å². The predicted octanol–water partition coefficient (Wildman–Crippen LogP) is 2.34. The lowest BCUT2D eigenvalue weighted by Gasteiger charge is -2.05. The number of methoxy groups -OCH3 is 1. The molecule has 0 spiro atoms. The van der Waals surface area contributed by atoms with Crippen LogP contribution in [0.15, 0.2) is 29.3 Å². The topological polar surface area (TPSA) is 61.0 Å². The summed E-state index contributed by atoms with van der Waals surface area (Å²) in [5.41, 5.74) is 6.59. The van der Waals surface area contributed by atoms with Crippen LogP contribution in [0.5, 0.6) is 0 Å². The van der Waals surface area contributed by atoms with Gasteiger partial charge in [-0.15, -0.1) is 11.8 Å². The zero-order valence-electron chi connectivity index (χ0n) is 9.72. The fourth-order valence-electron chi connectivity index (χ4n) is 1.55. The van der Waals surface area contributed by atoms with Gasteiger partial charge in [-0.25, -0.2) is 9.97 Å². The molecule has 0 aliphatic heterocycles. The molecule has 0 aliphatic rings. The number of hydrogen-bond donors (Lipinski definition) is 1. The largest absolute Gasteiger partial charge is 0.385 e. The molecule has 0 saturated carbocycles. The van der Waals surface area contributed by atoms with Gasteiger partial charge in [0.05, 0.1) is 5.52 Å². The van der Waals surface area contributed by atoms with Gasteiger partial charge in [-0.2, -0.15) is 0 Å². The number of hydrogen-bond acceptors (Lipinski definition) is 5. The molecule has 0 saturated heterocycles. The van der Waals surface area contributed by atoms with Crippen molar-refractivity contribution in [1.82, 2.24) is 9.97 Å². The highest BCUT2D eigenvalue weighted by molar-refractivity contribution is 7.99. The van der Waals surface area contributed by atoms with Crippen molar-refractivity contribution in [3.8, 4) is 0 Å². The second-order valence-corrected chi connectivity index (χ2v) is 4.68. The van der Waals surface area contributed by atoms with Crippen molar-refractivity contribution >= 4 is 28.6 Å². The molecule has 1 aromatic carbocycles. The number of rotatable bonds is 5. The molecule has 90 valence electrons. The average molecular weight is 249 g/mol. The lowest BCUT2D eigenvalue weighted by molar-refractivity contribution is 0.200. The highest BCUT2D eigenvalue weighted by Crippen LogP contribution is 2.26. The smallest absolute Gasteiger partial charge is 0.221 e. The molecule has 1 aromatic heterocycles. The Morgan fingerprint density at radius 3 is 2.94 bits per heavy atom.